The van der Waals surface area contributed by atoms with Gasteiger partial charge in [-0.2, -0.15) is 0 Å². The third-order valence-electron chi connectivity index (χ3n) is 9.72. The van der Waals surface area contributed by atoms with Gasteiger partial charge in [-0.3, -0.25) is 9.59 Å². The molecule has 0 radical (unpaired) electrons. The molecule has 1 amide bonds. The largest absolute Gasteiger partial charge is 0.451 e. The topological polar surface area (TPSA) is 82.1 Å². The minimum Gasteiger partial charge on any atom is -0.451 e. The van der Waals surface area contributed by atoms with Gasteiger partial charge in [0.25, 0.3) is 5.91 Å². The monoisotopic (exact) mass is 612 g/mol. The van der Waals surface area contributed by atoms with Crippen molar-refractivity contribution >= 4 is 33.3 Å². The lowest BCUT2D eigenvalue weighted by atomic mass is 10.0. The van der Waals surface area contributed by atoms with Gasteiger partial charge in [0.05, 0.1) is 11.1 Å². The number of anilines is 1. The number of ether oxygens (including phenoxy) is 1. The third kappa shape index (κ3) is 5.78. The summed E-state index contributed by atoms with van der Waals surface area (Å²) in [6.07, 6.45) is 5.51. The minimum atomic E-state index is -0.577. The number of carbonyl (C=O) groups excluding carboxylic acids is 1. The Hall–Kier alpha value is -3.99. The minimum absolute atomic E-state index is 0.0125. The predicted molar refractivity (Wildman–Crippen MR) is 177 cm³/mol. The van der Waals surface area contributed by atoms with Gasteiger partial charge >= 0.3 is 0 Å². The highest BCUT2D eigenvalue weighted by Gasteiger charge is 2.29. The Balaban J connectivity index is 1.23. The van der Waals surface area contributed by atoms with Crippen LogP contribution in [0.5, 0.6) is 11.5 Å². The Kier molecular flexibility index (Phi) is 8.20. The van der Waals surface area contributed by atoms with Crippen molar-refractivity contribution in [3.05, 3.63) is 70.3 Å². The van der Waals surface area contributed by atoms with Crippen LogP contribution in [0.15, 0.2) is 53.5 Å². The molecule has 0 aliphatic carbocycles. The smallest absolute Gasteiger partial charge is 0.256 e. The first-order chi connectivity index (χ1) is 21.9. The maximum Gasteiger partial charge on any atom is 0.256 e. The van der Waals surface area contributed by atoms with Crippen LogP contribution in [-0.4, -0.2) is 97.7 Å². The second kappa shape index (κ2) is 12.4. The summed E-state index contributed by atoms with van der Waals surface area (Å²) in [5.74, 6) is -0.228. The molecule has 0 saturated carbocycles. The number of likely N-dealkylation sites (N-methyl/N-ethyl adjacent to an activating group) is 1. The molecule has 2 N–H and O–H groups in total. The Bertz CT molecular complexity index is 1820. The van der Waals surface area contributed by atoms with Crippen molar-refractivity contribution in [3.8, 4) is 17.2 Å². The van der Waals surface area contributed by atoms with Gasteiger partial charge in [0.1, 0.15) is 16.8 Å². The van der Waals surface area contributed by atoms with Crippen LogP contribution in [0.25, 0.3) is 27.4 Å². The van der Waals surface area contributed by atoms with Gasteiger partial charge in [-0.1, -0.05) is 24.3 Å². The molecule has 10 heteroatoms. The van der Waals surface area contributed by atoms with Gasteiger partial charge in [0.2, 0.25) is 5.43 Å². The number of hydrogen-bond donors (Lipinski definition) is 2. The fraction of sp³-hybridized carbons (Fsp3) is 0.429. The van der Waals surface area contributed by atoms with Crippen LogP contribution >= 0.6 is 0 Å². The van der Waals surface area contributed by atoms with Crippen LogP contribution in [-0.2, 0) is 0 Å². The van der Waals surface area contributed by atoms with Crippen LogP contribution in [0.3, 0.4) is 0 Å². The molecule has 3 aliphatic heterocycles. The Labute approximate surface area is 262 Å². The van der Waals surface area contributed by atoms with Gasteiger partial charge < -0.3 is 34.6 Å². The van der Waals surface area contributed by atoms with Gasteiger partial charge in [-0.15, -0.1) is 0 Å². The number of amides is 1. The summed E-state index contributed by atoms with van der Waals surface area (Å²) in [6.45, 7) is 7.15. The molecular formula is C35H41FN6O3. The molecule has 2 saturated heterocycles. The number of likely N-dealkylation sites (tertiary alicyclic amines) is 1. The number of rotatable bonds is 9. The van der Waals surface area contributed by atoms with E-state index in [-0.39, 0.29) is 22.4 Å². The molecule has 1 aromatic heterocycles. The molecule has 0 spiro atoms. The second-order valence-corrected chi connectivity index (χ2v) is 12.7. The maximum atomic E-state index is 15.9. The second-order valence-electron chi connectivity index (χ2n) is 12.7. The zero-order valence-corrected chi connectivity index (χ0v) is 26.1. The number of benzene rings is 3. The van der Waals surface area contributed by atoms with Crippen LogP contribution in [0.2, 0.25) is 0 Å². The van der Waals surface area contributed by atoms with Crippen molar-refractivity contribution < 1.29 is 13.9 Å². The SMILES string of the molecule is CN1CCN(CCCNc2c(F)cc3c(=O)c(C(=O)NCCC4CCCN4C)cn4c3c2Oc2cc3ccccc3cc2-4)CC1. The van der Waals surface area contributed by atoms with Gasteiger partial charge in [-0.25, -0.2) is 4.39 Å². The molecule has 1 unspecified atom stereocenters. The zero-order valence-electron chi connectivity index (χ0n) is 26.1. The lowest BCUT2D eigenvalue weighted by Gasteiger charge is -2.32. The molecule has 2 fully saturated rings. The molecular weight excluding hydrogens is 571 g/mol. The molecule has 4 heterocycles. The number of halogens is 1. The number of fused-ring (bicyclic) bond motifs is 3. The van der Waals surface area contributed by atoms with E-state index in [4.69, 9.17) is 4.74 Å². The van der Waals surface area contributed by atoms with Crippen molar-refractivity contribution in [1.82, 2.24) is 24.6 Å². The Morgan fingerprint density at radius 2 is 1.80 bits per heavy atom. The Morgan fingerprint density at radius 3 is 2.56 bits per heavy atom. The molecule has 7 rings (SSSR count). The van der Waals surface area contributed by atoms with E-state index in [1.165, 1.54) is 6.07 Å². The van der Waals surface area contributed by atoms with Crippen LogP contribution in [0, 0.1) is 5.82 Å². The van der Waals surface area contributed by atoms with Crippen LogP contribution in [0.4, 0.5) is 10.1 Å². The van der Waals surface area contributed by atoms with Crippen molar-refractivity contribution in [3.63, 3.8) is 0 Å². The van der Waals surface area contributed by atoms with Gasteiger partial charge in [0.15, 0.2) is 17.3 Å². The molecule has 1 atom stereocenters. The van der Waals surface area contributed by atoms with Crippen LogP contribution < -0.4 is 20.8 Å². The quantitative estimate of drug-likeness (QED) is 0.235. The first-order valence-electron chi connectivity index (χ1n) is 16.1. The summed E-state index contributed by atoms with van der Waals surface area (Å²) in [4.78, 5) is 34.3. The molecule has 9 nitrogen and oxygen atoms in total. The predicted octanol–water partition coefficient (Wildman–Crippen LogP) is 4.65. The average Bonchev–Trinajstić information content (AvgIpc) is 3.45. The summed E-state index contributed by atoms with van der Waals surface area (Å²) in [5, 5.41) is 8.32. The molecule has 45 heavy (non-hydrogen) atoms. The van der Waals surface area contributed by atoms with Crippen molar-refractivity contribution in [2.45, 2.75) is 31.7 Å². The highest BCUT2D eigenvalue weighted by atomic mass is 19.1. The summed E-state index contributed by atoms with van der Waals surface area (Å²) in [7, 11) is 4.24. The molecule has 3 aliphatic rings. The first-order valence-corrected chi connectivity index (χ1v) is 16.1. The summed E-state index contributed by atoms with van der Waals surface area (Å²) >= 11 is 0. The number of nitrogens with one attached hydrogen (secondary N) is 2. The van der Waals surface area contributed by atoms with E-state index in [0.717, 1.165) is 75.7 Å². The maximum absolute atomic E-state index is 15.9. The van der Waals surface area contributed by atoms with Crippen LogP contribution in [0.1, 0.15) is 36.0 Å². The number of hydrogen-bond acceptors (Lipinski definition) is 7. The van der Waals surface area contributed by atoms with E-state index in [1.807, 2.05) is 41.0 Å². The highest BCUT2D eigenvalue weighted by molar-refractivity contribution is 6.02. The van der Waals surface area contributed by atoms with E-state index < -0.39 is 17.2 Å². The normalized spacial score (nSPS) is 18.7. The summed E-state index contributed by atoms with van der Waals surface area (Å²) in [6, 6.07) is 13.5. The van der Waals surface area contributed by atoms with Gasteiger partial charge in [0, 0.05) is 51.5 Å². The lowest BCUT2D eigenvalue weighted by molar-refractivity contribution is 0.0949. The van der Waals surface area contributed by atoms with E-state index in [1.54, 1.807) is 6.20 Å². The van der Waals surface area contributed by atoms with E-state index in [9.17, 15) is 9.59 Å². The van der Waals surface area contributed by atoms with E-state index >= 15 is 4.39 Å². The number of aromatic nitrogens is 1. The van der Waals surface area contributed by atoms with Crippen molar-refractivity contribution in [2.24, 2.45) is 0 Å². The summed E-state index contributed by atoms with van der Waals surface area (Å²) < 4.78 is 24.1. The fourth-order valence-electron chi connectivity index (χ4n) is 7.01. The number of pyridine rings is 1. The highest BCUT2D eigenvalue weighted by Crippen LogP contribution is 2.46. The van der Waals surface area contributed by atoms with Crippen molar-refractivity contribution in [1.29, 1.82) is 0 Å². The third-order valence-corrected chi connectivity index (χ3v) is 9.72. The first kappa shape index (κ1) is 29.7. The fourth-order valence-corrected chi connectivity index (χ4v) is 7.01. The number of piperazine rings is 1. The lowest BCUT2D eigenvalue weighted by Crippen LogP contribution is -2.44. The molecule has 0 bridgehead atoms. The number of nitrogens with zero attached hydrogens (tertiary/aromatic N) is 4. The van der Waals surface area contributed by atoms with E-state index in [0.29, 0.717) is 36.1 Å². The standard InChI is InChI=1S/C35H41FN6O3/c1-39-15-17-41(18-16-39)14-6-11-37-31-28(36)21-26-32-34(31)45-30-20-24-8-4-3-7-23(24)19-29(30)42(32)22-27(33(26)43)35(44)38-12-10-25-9-5-13-40(25)2/h3-4,7-8,19-22,25,37H,5-6,9-18H2,1-2H3,(H,38,44). The zero-order chi connectivity index (χ0) is 31.1. The van der Waals surface area contributed by atoms with Gasteiger partial charge in [-0.05, 0) is 81.8 Å². The number of carbonyl (C=O) groups is 1. The molecule has 236 valence electrons. The average molecular weight is 613 g/mol. The summed E-state index contributed by atoms with van der Waals surface area (Å²) in [5.41, 5.74) is 0.855. The molecule has 4 aromatic rings. The Morgan fingerprint density at radius 1 is 1.02 bits per heavy atom. The molecule has 3 aromatic carbocycles. The van der Waals surface area contributed by atoms with E-state index in [2.05, 4.69) is 39.4 Å². The van der Waals surface area contributed by atoms with Crippen molar-refractivity contribution in [2.75, 3.05) is 71.8 Å².